The molecule has 0 radical (unpaired) electrons. The second-order valence-electron chi connectivity index (χ2n) is 6.82. The van der Waals surface area contributed by atoms with E-state index in [1.165, 1.54) is 0 Å². The lowest BCUT2D eigenvalue weighted by Crippen LogP contribution is -2.48. The van der Waals surface area contributed by atoms with Gasteiger partial charge in [0.15, 0.2) is 5.82 Å². The van der Waals surface area contributed by atoms with E-state index in [4.69, 9.17) is 9.26 Å². The van der Waals surface area contributed by atoms with Crippen LogP contribution >= 0.6 is 0 Å². The maximum atomic E-state index is 12.2. The van der Waals surface area contributed by atoms with Crippen LogP contribution in [-0.2, 0) is 21.4 Å². The fourth-order valence-electron chi connectivity index (χ4n) is 2.41. The van der Waals surface area contributed by atoms with Gasteiger partial charge in [-0.15, -0.1) is 0 Å². The molecule has 1 amide bonds. The van der Waals surface area contributed by atoms with Gasteiger partial charge in [0.05, 0.1) is 12.2 Å². The molecule has 2 heterocycles. The smallest absolute Gasteiger partial charge is 0.227 e. The van der Waals surface area contributed by atoms with Crippen molar-refractivity contribution < 1.29 is 14.1 Å². The number of ether oxygens (including phenoxy) is 1. The van der Waals surface area contributed by atoms with Crippen LogP contribution in [0.15, 0.2) is 4.52 Å². The normalized spacial score (nSPS) is 23.4. The highest BCUT2D eigenvalue weighted by atomic mass is 16.5. The predicted molar refractivity (Wildman–Crippen MR) is 77.9 cm³/mol. The molecule has 0 unspecified atom stereocenters. The Labute approximate surface area is 125 Å². The van der Waals surface area contributed by atoms with Crippen molar-refractivity contribution in [3.63, 3.8) is 0 Å². The van der Waals surface area contributed by atoms with Gasteiger partial charge >= 0.3 is 0 Å². The van der Waals surface area contributed by atoms with E-state index in [0.717, 1.165) is 0 Å². The van der Waals surface area contributed by atoms with Crippen LogP contribution in [0.2, 0.25) is 0 Å². The Kier molecular flexibility index (Phi) is 4.66. The molecular weight excluding hydrogens is 270 g/mol. The minimum Gasteiger partial charge on any atom is -0.372 e. The van der Waals surface area contributed by atoms with Gasteiger partial charge in [0.2, 0.25) is 11.8 Å². The number of hydrogen-bond acceptors (Lipinski definition) is 5. The molecule has 6 nitrogen and oxygen atoms in total. The van der Waals surface area contributed by atoms with E-state index < -0.39 is 0 Å². The zero-order valence-corrected chi connectivity index (χ0v) is 13.5. The van der Waals surface area contributed by atoms with E-state index in [0.29, 0.717) is 37.6 Å². The summed E-state index contributed by atoms with van der Waals surface area (Å²) in [6.07, 6.45) is 1.06. The first-order valence-electron chi connectivity index (χ1n) is 7.52. The third-order valence-electron chi connectivity index (χ3n) is 3.46. The standard InChI is InChI=1S/C15H25N3O3/c1-10-8-18(9-11(2)20-10)13(19)7-6-12-16-14(17-21-12)15(3,4)5/h10-11H,6-9H2,1-5H3/t10-,11-/m0/s1. The second kappa shape index (κ2) is 6.13. The molecule has 0 N–H and O–H groups in total. The Morgan fingerprint density at radius 3 is 2.43 bits per heavy atom. The van der Waals surface area contributed by atoms with Crippen molar-refractivity contribution in [2.45, 2.75) is 65.1 Å². The largest absolute Gasteiger partial charge is 0.372 e. The van der Waals surface area contributed by atoms with Crippen LogP contribution in [0, 0.1) is 0 Å². The first-order chi connectivity index (χ1) is 9.75. The van der Waals surface area contributed by atoms with Gasteiger partial charge in [0.25, 0.3) is 0 Å². The van der Waals surface area contributed by atoms with Crippen LogP contribution in [-0.4, -0.2) is 46.2 Å². The van der Waals surface area contributed by atoms with Crippen molar-refractivity contribution in [3.8, 4) is 0 Å². The number of rotatable bonds is 3. The molecule has 2 atom stereocenters. The minimum atomic E-state index is -0.138. The Hall–Kier alpha value is -1.43. The summed E-state index contributed by atoms with van der Waals surface area (Å²) in [5.41, 5.74) is -0.138. The zero-order chi connectivity index (χ0) is 15.6. The van der Waals surface area contributed by atoms with Gasteiger partial charge in [-0.1, -0.05) is 25.9 Å². The van der Waals surface area contributed by atoms with Crippen molar-refractivity contribution in [1.29, 1.82) is 0 Å². The van der Waals surface area contributed by atoms with Crippen LogP contribution in [0.1, 0.15) is 52.8 Å². The highest BCUT2D eigenvalue weighted by Gasteiger charge is 2.26. The van der Waals surface area contributed by atoms with Gasteiger partial charge in [0, 0.05) is 31.3 Å². The van der Waals surface area contributed by atoms with Gasteiger partial charge in [-0.25, -0.2) is 0 Å². The molecular formula is C15H25N3O3. The first kappa shape index (κ1) is 15.9. The summed E-state index contributed by atoms with van der Waals surface area (Å²) in [4.78, 5) is 18.5. The fraction of sp³-hybridized carbons (Fsp3) is 0.800. The molecule has 1 aliphatic heterocycles. The topological polar surface area (TPSA) is 68.5 Å². The number of aromatic nitrogens is 2. The number of aryl methyl sites for hydroxylation is 1. The number of carbonyl (C=O) groups excluding carboxylic acids is 1. The van der Waals surface area contributed by atoms with Gasteiger partial charge in [-0.05, 0) is 13.8 Å². The van der Waals surface area contributed by atoms with Crippen molar-refractivity contribution in [1.82, 2.24) is 15.0 Å². The van der Waals surface area contributed by atoms with Gasteiger partial charge in [-0.3, -0.25) is 4.79 Å². The molecule has 1 fully saturated rings. The van der Waals surface area contributed by atoms with Crippen LogP contribution in [0.3, 0.4) is 0 Å². The van der Waals surface area contributed by atoms with E-state index >= 15 is 0 Å². The molecule has 1 aliphatic rings. The van der Waals surface area contributed by atoms with E-state index in [1.807, 2.05) is 39.5 Å². The van der Waals surface area contributed by atoms with E-state index in [-0.39, 0.29) is 23.5 Å². The molecule has 118 valence electrons. The van der Waals surface area contributed by atoms with Crippen LogP contribution in [0.5, 0.6) is 0 Å². The van der Waals surface area contributed by atoms with Crippen molar-refractivity contribution in [2.75, 3.05) is 13.1 Å². The number of hydrogen-bond donors (Lipinski definition) is 0. The summed E-state index contributed by atoms with van der Waals surface area (Å²) in [7, 11) is 0. The van der Waals surface area contributed by atoms with Crippen molar-refractivity contribution in [2.24, 2.45) is 0 Å². The lowest BCUT2D eigenvalue weighted by atomic mass is 9.96. The van der Waals surface area contributed by atoms with Crippen molar-refractivity contribution in [3.05, 3.63) is 11.7 Å². The molecule has 0 aliphatic carbocycles. The number of carbonyl (C=O) groups is 1. The first-order valence-corrected chi connectivity index (χ1v) is 7.52. The quantitative estimate of drug-likeness (QED) is 0.852. The molecule has 1 aromatic heterocycles. The number of amides is 1. The van der Waals surface area contributed by atoms with E-state index in [1.54, 1.807) is 0 Å². The summed E-state index contributed by atoms with van der Waals surface area (Å²) in [5, 5.41) is 3.97. The number of nitrogens with zero attached hydrogens (tertiary/aromatic N) is 3. The maximum Gasteiger partial charge on any atom is 0.227 e. The highest BCUT2D eigenvalue weighted by molar-refractivity contribution is 5.76. The molecule has 1 aromatic rings. The molecule has 1 saturated heterocycles. The zero-order valence-electron chi connectivity index (χ0n) is 13.5. The van der Waals surface area contributed by atoms with Gasteiger partial charge in [0.1, 0.15) is 0 Å². The maximum absolute atomic E-state index is 12.2. The van der Waals surface area contributed by atoms with Crippen molar-refractivity contribution >= 4 is 5.91 Å². The second-order valence-corrected chi connectivity index (χ2v) is 6.82. The third-order valence-corrected chi connectivity index (χ3v) is 3.46. The summed E-state index contributed by atoms with van der Waals surface area (Å²) < 4.78 is 10.8. The summed E-state index contributed by atoms with van der Waals surface area (Å²) >= 11 is 0. The van der Waals surface area contributed by atoms with Crippen LogP contribution in [0.25, 0.3) is 0 Å². The predicted octanol–water partition coefficient (Wildman–Crippen LogP) is 1.94. The van der Waals surface area contributed by atoms with Gasteiger partial charge < -0.3 is 14.2 Å². The third kappa shape index (κ3) is 4.27. The van der Waals surface area contributed by atoms with Gasteiger partial charge in [-0.2, -0.15) is 4.98 Å². The summed E-state index contributed by atoms with van der Waals surface area (Å²) in [6, 6.07) is 0. The van der Waals surface area contributed by atoms with Crippen LogP contribution < -0.4 is 0 Å². The Bertz CT molecular complexity index is 483. The molecule has 0 spiro atoms. The molecule has 2 rings (SSSR count). The average Bonchev–Trinajstić information content (AvgIpc) is 2.83. The molecule has 0 saturated carbocycles. The lowest BCUT2D eigenvalue weighted by Gasteiger charge is -2.35. The minimum absolute atomic E-state index is 0.0913. The van der Waals surface area contributed by atoms with E-state index in [2.05, 4.69) is 10.1 Å². The fourth-order valence-corrected chi connectivity index (χ4v) is 2.41. The van der Waals surface area contributed by atoms with Crippen LogP contribution in [0.4, 0.5) is 0 Å². The monoisotopic (exact) mass is 295 g/mol. The molecule has 21 heavy (non-hydrogen) atoms. The summed E-state index contributed by atoms with van der Waals surface area (Å²) in [5.74, 6) is 1.33. The Morgan fingerprint density at radius 2 is 1.90 bits per heavy atom. The molecule has 0 bridgehead atoms. The SMILES string of the molecule is C[C@H]1CN(C(=O)CCc2nc(C(C)(C)C)no2)C[C@H](C)O1. The average molecular weight is 295 g/mol. The Morgan fingerprint density at radius 1 is 1.29 bits per heavy atom. The van der Waals surface area contributed by atoms with E-state index in [9.17, 15) is 4.79 Å². The molecule has 6 heteroatoms. The summed E-state index contributed by atoms with van der Waals surface area (Å²) in [6.45, 7) is 11.4. The molecule has 0 aromatic carbocycles. The lowest BCUT2D eigenvalue weighted by molar-refractivity contribution is -0.143. The highest BCUT2D eigenvalue weighted by Crippen LogP contribution is 2.19. The Balaban J connectivity index is 1.88. The number of morpholine rings is 1.